The van der Waals surface area contributed by atoms with Crippen LogP contribution >= 0.6 is 0 Å². The van der Waals surface area contributed by atoms with E-state index in [4.69, 9.17) is 9.26 Å². The van der Waals surface area contributed by atoms with Crippen LogP contribution in [0.25, 0.3) is 0 Å². The number of methoxy groups -OCH3 is 1. The van der Waals surface area contributed by atoms with Crippen molar-refractivity contribution < 1.29 is 9.26 Å². The Morgan fingerprint density at radius 1 is 1.39 bits per heavy atom. The van der Waals surface area contributed by atoms with Crippen molar-refractivity contribution in [1.29, 1.82) is 0 Å². The smallest absolute Gasteiger partial charge is 0.228 e. The maximum absolute atomic E-state index is 5.28. The highest BCUT2D eigenvalue weighted by molar-refractivity contribution is 4.92. The normalized spacial score (nSPS) is 13.8. The molecule has 0 aliphatic carbocycles. The minimum Gasteiger partial charge on any atom is -0.383 e. The van der Waals surface area contributed by atoms with Gasteiger partial charge in [-0.3, -0.25) is 0 Å². The average molecular weight is 255 g/mol. The Hall–Kier alpha value is -0.940. The molecule has 1 rings (SSSR count). The van der Waals surface area contributed by atoms with Gasteiger partial charge >= 0.3 is 0 Å². The van der Waals surface area contributed by atoms with E-state index in [0.717, 1.165) is 18.8 Å². The molecule has 5 nitrogen and oxygen atoms in total. The quantitative estimate of drug-likeness (QED) is 0.805. The van der Waals surface area contributed by atoms with Crippen molar-refractivity contribution in [3.05, 3.63) is 11.7 Å². The number of nitrogens with zero attached hydrogens (tertiary/aromatic N) is 2. The number of aromatic nitrogens is 2. The topological polar surface area (TPSA) is 60.2 Å². The Morgan fingerprint density at radius 3 is 2.67 bits per heavy atom. The van der Waals surface area contributed by atoms with Crippen LogP contribution in [0.2, 0.25) is 0 Å². The van der Waals surface area contributed by atoms with Crippen LogP contribution in [0.5, 0.6) is 0 Å². The van der Waals surface area contributed by atoms with E-state index in [1.54, 1.807) is 7.11 Å². The molecule has 0 saturated heterocycles. The summed E-state index contributed by atoms with van der Waals surface area (Å²) >= 11 is 0. The lowest BCUT2D eigenvalue weighted by Crippen LogP contribution is -2.35. The fraction of sp³-hybridized carbons (Fsp3) is 0.846. The Kier molecular flexibility index (Phi) is 5.75. The molecule has 104 valence electrons. The van der Waals surface area contributed by atoms with Gasteiger partial charge in [-0.1, -0.05) is 32.9 Å². The van der Waals surface area contributed by atoms with E-state index in [1.807, 2.05) is 0 Å². The van der Waals surface area contributed by atoms with Crippen molar-refractivity contribution in [2.75, 3.05) is 20.3 Å². The lowest BCUT2D eigenvalue weighted by atomic mass is 9.92. The number of rotatable bonds is 7. The summed E-state index contributed by atoms with van der Waals surface area (Å²) in [4.78, 5) is 4.43. The number of hydrogen-bond donors (Lipinski definition) is 1. The van der Waals surface area contributed by atoms with E-state index in [0.29, 0.717) is 18.9 Å². The van der Waals surface area contributed by atoms with Gasteiger partial charge in [0, 0.05) is 26.0 Å². The van der Waals surface area contributed by atoms with Gasteiger partial charge in [-0.25, -0.2) is 0 Å². The first-order chi connectivity index (χ1) is 8.44. The van der Waals surface area contributed by atoms with Crippen LogP contribution < -0.4 is 5.32 Å². The van der Waals surface area contributed by atoms with Crippen LogP contribution in [0, 0.1) is 5.41 Å². The van der Waals surface area contributed by atoms with Gasteiger partial charge in [0.1, 0.15) is 0 Å². The standard InChI is InChI=1S/C13H25N3O2/c1-6-14-10(9-17-5)7-12-15-11(16-18-12)8-13(2,3)4/h10,14H,6-9H2,1-5H3. The molecular weight excluding hydrogens is 230 g/mol. The monoisotopic (exact) mass is 255 g/mol. The Morgan fingerprint density at radius 2 is 2.11 bits per heavy atom. The molecule has 0 spiro atoms. The first-order valence-electron chi connectivity index (χ1n) is 6.48. The molecule has 1 unspecified atom stereocenters. The number of nitrogens with one attached hydrogen (secondary N) is 1. The van der Waals surface area contributed by atoms with E-state index in [-0.39, 0.29) is 11.5 Å². The molecule has 0 saturated carbocycles. The van der Waals surface area contributed by atoms with Crippen molar-refractivity contribution in [1.82, 2.24) is 15.5 Å². The molecule has 0 aliphatic rings. The van der Waals surface area contributed by atoms with Gasteiger partial charge < -0.3 is 14.6 Å². The lowest BCUT2D eigenvalue weighted by Gasteiger charge is -2.15. The number of ether oxygens (including phenoxy) is 1. The van der Waals surface area contributed by atoms with E-state index in [2.05, 4.69) is 43.2 Å². The van der Waals surface area contributed by atoms with Crippen LogP contribution in [-0.2, 0) is 17.6 Å². The summed E-state index contributed by atoms with van der Waals surface area (Å²) in [7, 11) is 1.70. The highest BCUT2D eigenvalue weighted by Gasteiger charge is 2.18. The van der Waals surface area contributed by atoms with Gasteiger partial charge in [-0.05, 0) is 12.0 Å². The summed E-state index contributed by atoms with van der Waals surface area (Å²) in [6, 6.07) is 0.225. The van der Waals surface area contributed by atoms with Crippen molar-refractivity contribution >= 4 is 0 Å². The van der Waals surface area contributed by atoms with E-state index in [9.17, 15) is 0 Å². The van der Waals surface area contributed by atoms with Crippen molar-refractivity contribution in [3.8, 4) is 0 Å². The molecule has 0 radical (unpaired) electrons. The molecule has 0 amide bonds. The Labute approximate surface area is 109 Å². The molecule has 1 aromatic heterocycles. The average Bonchev–Trinajstić information content (AvgIpc) is 2.63. The number of hydrogen-bond acceptors (Lipinski definition) is 5. The lowest BCUT2D eigenvalue weighted by molar-refractivity contribution is 0.162. The fourth-order valence-corrected chi connectivity index (χ4v) is 1.81. The maximum atomic E-state index is 5.28. The molecule has 1 N–H and O–H groups in total. The van der Waals surface area contributed by atoms with Crippen molar-refractivity contribution in [2.24, 2.45) is 5.41 Å². The summed E-state index contributed by atoms with van der Waals surface area (Å²) in [5, 5.41) is 7.36. The minimum atomic E-state index is 0.175. The van der Waals surface area contributed by atoms with Gasteiger partial charge in [-0.2, -0.15) is 4.98 Å². The van der Waals surface area contributed by atoms with E-state index < -0.39 is 0 Å². The zero-order chi connectivity index (χ0) is 13.6. The van der Waals surface area contributed by atoms with Crippen LogP contribution in [0.4, 0.5) is 0 Å². The SMILES string of the molecule is CCNC(COC)Cc1nc(CC(C)(C)C)no1. The summed E-state index contributed by atoms with van der Waals surface area (Å²) in [5.41, 5.74) is 0.175. The van der Waals surface area contributed by atoms with Gasteiger partial charge in [0.05, 0.1) is 6.61 Å². The van der Waals surface area contributed by atoms with Gasteiger partial charge in [0.25, 0.3) is 0 Å². The molecule has 0 bridgehead atoms. The second kappa shape index (κ2) is 6.85. The highest BCUT2D eigenvalue weighted by atomic mass is 16.5. The van der Waals surface area contributed by atoms with Gasteiger partial charge in [0.15, 0.2) is 5.82 Å². The van der Waals surface area contributed by atoms with Gasteiger partial charge in [0.2, 0.25) is 5.89 Å². The second-order valence-electron chi connectivity index (χ2n) is 5.76. The summed E-state index contributed by atoms with van der Waals surface area (Å²) in [6.45, 7) is 10.1. The van der Waals surface area contributed by atoms with Crippen LogP contribution in [0.1, 0.15) is 39.4 Å². The van der Waals surface area contributed by atoms with E-state index in [1.165, 1.54) is 0 Å². The van der Waals surface area contributed by atoms with Crippen LogP contribution in [0.3, 0.4) is 0 Å². The molecule has 18 heavy (non-hydrogen) atoms. The first-order valence-corrected chi connectivity index (χ1v) is 6.48. The summed E-state index contributed by atoms with van der Waals surface area (Å²) < 4.78 is 10.4. The zero-order valence-corrected chi connectivity index (χ0v) is 12.1. The molecule has 1 aromatic rings. The molecule has 0 aliphatic heterocycles. The second-order valence-corrected chi connectivity index (χ2v) is 5.76. The van der Waals surface area contributed by atoms with Gasteiger partial charge in [-0.15, -0.1) is 0 Å². The summed E-state index contributed by atoms with van der Waals surface area (Å²) in [6.07, 6.45) is 1.53. The van der Waals surface area contributed by atoms with Crippen LogP contribution in [-0.4, -0.2) is 36.4 Å². The molecule has 0 aromatic carbocycles. The van der Waals surface area contributed by atoms with Crippen molar-refractivity contribution in [3.63, 3.8) is 0 Å². The molecule has 0 fully saturated rings. The fourth-order valence-electron chi connectivity index (χ4n) is 1.81. The summed E-state index contributed by atoms with van der Waals surface area (Å²) in [5.74, 6) is 1.46. The third kappa shape index (κ3) is 5.60. The molecule has 5 heteroatoms. The van der Waals surface area contributed by atoms with Crippen molar-refractivity contribution in [2.45, 2.75) is 46.6 Å². The maximum Gasteiger partial charge on any atom is 0.228 e. The first kappa shape index (κ1) is 15.1. The number of likely N-dealkylation sites (N-methyl/N-ethyl adjacent to an activating group) is 1. The molecule has 1 atom stereocenters. The predicted molar refractivity (Wildman–Crippen MR) is 70.5 cm³/mol. The highest BCUT2D eigenvalue weighted by Crippen LogP contribution is 2.18. The largest absolute Gasteiger partial charge is 0.383 e. The molecule has 1 heterocycles. The Bertz CT molecular complexity index is 338. The molecular formula is C13H25N3O2. The predicted octanol–water partition coefficient (Wildman–Crippen LogP) is 1.83. The Balaban J connectivity index is 2.56. The third-order valence-electron chi connectivity index (χ3n) is 2.48. The zero-order valence-electron chi connectivity index (χ0n) is 12.1. The third-order valence-corrected chi connectivity index (χ3v) is 2.48. The van der Waals surface area contributed by atoms with Crippen LogP contribution in [0.15, 0.2) is 4.52 Å². The minimum absolute atomic E-state index is 0.175. The van der Waals surface area contributed by atoms with E-state index >= 15 is 0 Å².